The van der Waals surface area contributed by atoms with E-state index in [1.165, 1.54) is 7.11 Å². The number of fused-ring (bicyclic) bond motifs is 1. The van der Waals surface area contributed by atoms with Gasteiger partial charge in [0.2, 0.25) is 0 Å². The SMILES string of the molecule is COC(=O)[C@@H](Cc1c[nH]c2cccc(C)c12)NC(=O)OC(C)(C)C. The van der Waals surface area contributed by atoms with Crippen LogP contribution >= 0.6 is 0 Å². The van der Waals surface area contributed by atoms with Crippen LogP contribution in [0.3, 0.4) is 0 Å². The molecule has 1 aromatic carbocycles. The van der Waals surface area contributed by atoms with Gasteiger partial charge >= 0.3 is 12.1 Å². The second kappa shape index (κ2) is 6.95. The van der Waals surface area contributed by atoms with Crippen LogP contribution in [0.4, 0.5) is 4.79 Å². The summed E-state index contributed by atoms with van der Waals surface area (Å²) in [5.41, 5.74) is 2.40. The summed E-state index contributed by atoms with van der Waals surface area (Å²) >= 11 is 0. The van der Waals surface area contributed by atoms with E-state index in [-0.39, 0.29) is 0 Å². The quantitative estimate of drug-likeness (QED) is 0.843. The first-order chi connectivity index (χ1) is 11.2. The first kappa shape index (κ1) is 17.8. The molecule has 0 aliphatic rings. The third-order valence-electron chi connectivity index (χ3n) is 3.60. The van der Waals surface area contributed by atoms with E-state index in [0.717, 1.165) is 22.0 Å². The van der Waals surface area contributed by atoms with Crippen LogP contribution in [0.1, 0.15) is 31.9 Å². The summed E-state index contributed by atoms with van der Waals surface area (Å²) in [4.78, 5) is 27.2. The van der Waals surface area contributed by atoms with E-state index in [1.54, 1.807) is 20.8 Å². The Hall–Kier alpha value is -2.50. The number of alkyl carbamates (subject to hydrolysis) is 1. The number of aromatic nitrogens is 1. The van der Waals surface area contributed by atoms with Crippen molar-refractivity contribution in [3.8, 4) is 0 Å². The number of hydrogen-bond donors (Lipinski definition) is 2. The largest absolute Gasteiger partial charge is 0.467 e. The number of benzene rings is 1. The van der Waals surface area contributed by atoms with Crippen molar-refractivity contribution in [1.82, 2.24) is 10.3 Å². The Morgan fingerprint density at radius 3 is 2.62 bits per heavy atom. The van der Waals surface area contributed by atoms with E-state index >= 15 is 0 Å². The summed E-state index contributed by atoms with van der Waals surface area (Å²) in [7, 11) is 1.30. The number of amides is 1. The Labute approximate surface area is 141 Å². The highest BCUT2D eigenvalue weighted by Gasteiger charge is 2.26. The number of carbonyl (C=O) groups excluding carboxylic acids is 2. The molecule has 1 atom stereocenters. The van der Waals surface area contributed by atoms with Crippen LogP contribution in [0.5, 0.6) is 0 Å². The van der Waals surface area contributed by atoms with Gasteiger partial charge in [0.25, 0.3) is 0 Å². The van der Waals surface area contributed by atoms with Crippen molar-refractivity contribution in [3.63, 3.8) is 0 Å². The summed E-state index contributed by atoms with van der Waals surface area (Å²) in [5, 5.41) is 3.65. The predicted molar refractivity (Wildman–Crippen MR) is 91.9 cm³/mol. The van der Waals surface area contributed by atoms with E-state index < -0.39 is 23.7 Å². The van der Waals surface area contributed by atoms with Crippen LogP contribution in [0.15, 0.2) is 24.4 Å². The van der Waals surface area contributed by atoms with Crippen LogP contribution in [-0.4, -0.2) is 35.8 Å². The minimum Gasteiger partial charge on any atom is -0.467 e. The molecule has 0 aliphatic carbocycles. The van der Waals surface area contributed by atoms with E-state index in [1.807, 2.05) is 31.3 Å². The summed E-state index contributed by atoms with van der Waals surface area (Å²) in [6.07, 6.45) is 1.52. The summed E-state index contributed by atoms with van der Waals surface area (Å²) in [6, 6.07) is 5.13. The molecule has 0 spiro atoms. The maximum Gasteiger partial charge on any atom is 0.408 e. The van der Waals surface area contributed by atoms with Crippen molar-refractivity contribution in [1.29, 1.82) is 0 Å². The van der Waals surface area contributed by atoms with E-state index in [0.29, 0.717) is 6.42 Å². The van der Waals surface area contributed by atoms with Gasteiger partial charge < -0.3 is 19.8 Å². The number of H-pyrrole nitrogens is 1. The molecule has 6 nitrogen and oxygen atoms in total. The van der Waals surface area contributed by atoms with Crippen molar-refractivity contribution in [2.75, 3.05) is 7.11 Å². The molecule has 2 N–H and O–H groups in total. The standard InChI is InChI=1S/C18H24N2O4/c1-11-7-6-8-13-15(11)12(10-19-13)9-14(16(21)23-5)20-17(22)24-18(2,3)4/h6-8,10,14,19H,9H2,1-5H3,(H,20,22)/t14-/m1/s1. The topological polar surface area (TPSA) is 80.4 Å². The van der Waals surface area contributed by atoms with Gasteiger partial charge in [0.15, 0.2) is 0 Å². The molecular weight excluding hydrogens is 308 g/mol. The van der Waals surface area contributed by atoms with Crippen LogP contribution in [0.25, 0.3) is 10.9 Å². The maximum atomic E-state index is 12.1. The fourth-order valence-corrected chi connectivity index (χ4v) is 2.62. The molecule has 0 unspecified atom stereocenters. The average molecular weight is 332 g/mol. The Morgan fingerprint density at radius 1 is 1.29 bits per heavy atom. The Morgan fingerprint density at radius 2 is 2.00 bits per heavy atom. The first-order valence-corrected chi connectivity index (χ1v) is 7.84. The van der Waals surface area contributed by atoms with Crippen molar-refractivity contribution < 1.29 is 19.1 Å². The fourth-order valence-electron chi connectivity index (χ4n) is 2.62. The molecule has 130 valence electrons. The lowest BCUT2D eigenvalue weighted by Crippen LogP contribution is -2.45. The predicted octanol–water partition coefficient (Wildman–Crippen LogP) is 3.09. The smallest absolute Gasteiger partial charge is 0.408 e. The monoisotopic (exact) mass is 332 g/mol. The van der Waals surface area contributed by atoms with Gasteiger partial charge in [-0.25, -0.2) is 9.59 Å². The number of methoxy groups -OCH3 is 1. The number of esters is 1. The highest BCUT2D eigenvalue weighted by atomic mass is 16.6. The van der Waals surface area contributed by atoms with Crippen molar-refractivity contribution in [3.05, 3.63) is 35.5 Å². The molecule has 1 heterocycles. The number of hydrogen-bond acceptors (Lipinski definition) is 4. The van der Waals surface area contributed by atoms with Gasteiger partial charge in [0, 0.05) is 23.5 Å². The van der Waals surface area contributed by atoms with Crippen molar-refractivity contribution in [2.45, 2.75) is 45.8 Å². The zero-order chi connectivity index (χ0) is 17.9. The van der Waals surface area contributed by atoms with Gasteiger partial charge in [-0.1, -0.05) is 12.1 Å². The van der Waals surface area contributed by atoms with Crippen LogP contribution < -0.4 is 5.32 Å². The average Bonchev–Trinajstić information content (AvgIpc) is 2.88. The highest BCUT2D eigenvalue weighted by Crippen LogP contribution is 2.23. The number of carbonyl (C=O) groups is 2. The number of rotatable bonds is 4. The number of aromatic amines is 1. The second-order valence-corrected chi connectivity index (χ2v) is 6.74. The lowest BCUT2D eigenvalue weighted by atomic mass is 10.0. The van der Waals surface area contributed by atoms with Gasteiger partial charge in [-0.2, -0.15) is 0 Å². The highest BCUT2D eigenvalue weighted by molar-refractivity contribution is 5.88. The molecule has 6 heteroatoms. The Balaban J connectivity index is 2.22. The molecule has 0 aliphatic heterocycles. The zero-order valence-electron chi connectivity index (χ0n) is 14.7. The number of ether oxygens (including phenoxy) is 2. The van der Waals surface area contributed by atoms with Crippen LogP contribution in [0, 0.1) is 6.92 Å². The van der Waals surface area contributed by atoms with Crippen molar-refractivity contribution in [2.24, 2.45) is 0 Å². The summed E-state index contributed by atoms with van der Waals surface area (Å²) < 4.78 is 10.0. The third-order valence-corrected chi connectivity index (χ3v) is 3.60. The van der Waals surface area contributed by atoms with Crippen LogP contribution in [-0.2, 0) is 20.7 Å². The molecule has 2 aromatic rings. The van der Waals surface area contributed by atoms with Gasteiger partial charge in [-0.05, 0) is 44.9 Å². The maximum absolute atomic E-state index is 12.1. The molecular formula is C18H24N2O4. The molecule has 0 radical (unpaired) electrons. The zero-order valence-corrected chi connectivity index (χ0v) is 14.7. The van der Waals surface area contributed by atoms with Gasteiger partial charge in [-0.15, -0.1) is 0 Å². The molecule has 0 saturated heterocycles. The Bertz CT molecular complexity index is 743. The van der Waals surface area contributed by atoms with Gasteiger partial charge in [0.1, 0.15) is 11.6 Å². The van der Waals surface area contributed by atoms with E-state index in [4.69, 9.17) is 9.47 Å². The van der Waals surface area contributed by atoms with E-state index in [2.05, 4.69) is 10.3 Å². The molecule has 0 fully saturated rings. The summed E-state index contributed by atoms with van der Waals surface area (Å²) in [5.74, 6) is -0.510. The molecule has 1 aromatic heterocycles. The lowest BCUT2D eigenvalue weighted by molar-refractivity contribution is -0.143. The second-order valence-electron chi connectivity index (χ2n) is 6.74. The molecule has 0 saturated carbocycles. The molecule has 2 rings (SSSR count). The van der Waals surface area contributed by atoms with Gasteiger partial charge in [-0.3, -0.25) is 0 Å². The third kappa shape index (κ3) is 4.28. The van der Waals surface area contributed by atoms with Crippen LogP contribution in [0.2, 0.25) is 0 Å². The number of nitrogens with one attached hydrogen (secondary N) is 2. The lowest BCUT2D eigenvalue weighted by Gasteiger charge is -2.22. The minimum atomic E-state index is -0.816. The van der Waals surface area contributed by atoms with Crippen molar-refractivity contribution >= 4 is 23.0 Å². The summed E-state index contributed by atoms with van der Waals surface area (Å²) in [6.45, 7) is 7.31. The Kier molecular flexibility index (Phi) is 5.17. The fraction of sp³-hybridized carbons (Fsp3) is 0.444. The minimum absolute atomic E-state index is 0.316. The number of aryl methyl sites for hydroxylation is 1. The normalized spacial score (nSPS) is 12.7. The molecule has 1 amide bonds. The first-order valence-electron chi connectivity index (χ1n) is 7.84. The van der Waals surface area contributed by atoms with E-state index in [9.17, 15) is 9.59 Å². The molecule has 24 heavy (non-hydrogen) atoms. The van der Waals surface area contributed by atoms with Gasteiger partial charge in [0.05, 0.1) is 7.11 Å². The molecule has 0 bridgehead atoms.